The van der Waals surface area contributed by atoms with Crippen molar-refractivity contribution in [1.82, 2.24) is 4.90 Å². The summed E-state index contributed by atoms with van der Waals surface area (Å²) in [6.45, 7) is 1.73. The van der Waals surface area contributed by atoms with Gasteiger partial charge in [0.05, 0.1) is 23.3 Å². The van der Waals surface area contributed by atoms with Gasteiger partial charge in [-0.05, 0) is 66.6 Å². The number of nitrogens with one attached hydrogen (secondary N) is 1. The van der Waals surface area contributed by atoms with Crippen LogP contribution >= 0.6 is 24.0 Å². The van der Waals surface area contributed by atoms with Gasteiger partial charge in [0.15, 0.2) is 11.6 Å². The second-order valence-electron chi connectivity index (χ2n) is 8.73. The molecule has 0 radical (unpaired) electrons. The van der Waals surface area contributed by atoms with Crippen molar-refractivity contribution in [2.24, 2.45) is 0 Å². The van der Waals surface area contributed by atoms with Gasteiger partial charge in [0, 0.05) is 24.1 Å². The van der Waals surface area contributed by atoms with Gasteiger partial charge in [0.1, 0.15) is 15.8 Å². The largest absolute Gasteiger partial charge is 0.507 e. The van der Waals surface area contributed by atoms with Gasteiger partial charge in [-0.15, -0.1) is 0 Å². The van der Waals surface area contributed by atoms with Gasteiger partial charge in [0.2, 0.25) is 5.91 Å². The smallest absolute Gasteiger partial charge is 0.335 e. The summed E-state index contributed by atoms with van der Waals surface area (Å²) in [6.07, 6.45) is 1.35. The monoisotopic (exact) mass is 584 g/mol. The quantitative estimate of drug-likeness (QED) is 0.232. The number of ether oxygens (including phenoxy) is 1. The molecule has 0 aliphatic carbocycles. The lowest BCUT2D eigenvalue weighted by Crippen LogP contribution is -2.31. The molecule has 0 saturated carbocycles. The number of carboxylic acids is 1. The zero-order chi connectivity index (χ0) is 29.1. The van der Waals surface area contributed by atoms with Crippen molar-refractivity contribution in [3.63, 3.8) is 0 Å². The number of amides is 2. The van der Waals surface area contributed by atoms with E-state index >= 15 is 0 Å². The second-order valence-corrected chi connectivity index (χ2v) is 10.4. The number of carboxylic acid groups (broad SMARTS) is 1. The Labute approximate surface area is 237 Å². The normalized spacial score (nSPS) is 14.1. The number of hydrogen-bond donors (Lipinski definition) is 3. The second kappa shape index (κ2) is 11.8. The number of phenols is 1. The minimum absolute atomic E-state index is 0.00389. The number of halogens is 2. The highest BCUT2D eigenvalue weighted by atomic mass is 32.2. The molecule has 1 aliphatic rings. The van der Waals surface area contributed by atoms with Gasteiger partial charge in [0.25, 0.3) is 5.91 Å². The number of methoxy groups -OCH3 is 1. The van der Waals surface area contributed by atoms with E-state index in [-0.39, 0.29) is 61.6 Å². The molecule has 40 heavy (non-hydrogen) atoms. The molecule has 0 bridgehead atoms. The maximum atomic E-state index is 13.8. The molecule has 4 rings (SSSR count). The Morgan fingerprint density at radius 3 is 2.55 bits per heavy atom. The topological polar surface area (TPSA) is 116 Å². The summed E-state index contributed by atoms with van der Waals surface area (Å²) in [6, 6.07) is 10.6. The van der Waals surface area contributed by atoms with E-state index in [9.17, 15) is 28.3 Å². The molecule has 3 aromatic rings. The van der Waals surface area contributed by atoms with E-state index in [4.69, 9.17) is 22.1 Å². The average Bonchev–Trinajstić information content (AvgIpc) is 3.18. The number of aromatic carboxylic acids is 1. The molecule has 1 saturated heterocycles. The lowest BCUT2D eigenvalue weighted by atomic mass is 9.98. The Kier molecular flexibility index (Phi) is 8.50. The lowest BCUT2D eigenvalue weighted by Gasteiger charge is -2.15. The van der Waals surface area contributed by atoms with Crippen LogP contribution in [0, 0.1) is 18.6 Å². The number of carbonyl (C=O) groups excluding carboxylic acids is 2. The Morgan fingerprint density at radius 1 is 1.12 bits per heavy atom. The van der Waals surface area contributed by atoms with Crippen molar-refractivity contribution in [3.8, 4) is 22.6 Å². The molecule has 206 valence electrons. The van der Waals surface area contributed by atoms with E-state index < -0.39 is 29.4 Å². The number of rotatable bonds is 8. The fourth-order valence-corrected chi connectivity index (χ4v) is 5.29. The molecular weight excluding hydrogens is 562 g/mol. The van der Waals surface area contributed by atoms with E-state index in [1.54, 1.807) is 19.1 Å². The van der Waals surface area contributed by atoms with E-state index in [0.29, 0.717) is 5.56 Å². The number of nitrogens with zero attached hydrogens (tertiary/aromatic N) is 1. The molecule has 3 aromatic carbocycles. The van der Waals surface area contributed by atoms with Crippen LogP contribution in [0.5, 0.6) is 11.5 Å². The Bertz CT molecular complexity index is 1590. The number of hydrogen-bond acceptors (Lipinski definition) is 7. The summed E-state index contributed by atoms with van der Waals surface area (Å²) in [5.74, 6) is -4.16. The van der Waals surface area contributed by atoms with E-state index in [2.05, 4.69) is 5.32 Å². The Morgan fingerprint density at radius 2 is 1.88 bits per heavy atom. The fourth-order valence-electron chi connectivity index (χ4n) is 3.99. The van der Waals surface area contributed by atoms with Gasteiger partial charge >= 0.3 is 5.97 Å². The van der Waals surface area contributed by atoms with Gasteiger partial charge in [-0.25, -0.2) is 13.6 Å². The predicted molar refractivity (Wildman–Crippen MR) is 151 cm³/mol. The summed E-state index contributed by atoms with van der Waals surface area (Å²) < 4.78 is 32.6. The van der Waals surface area contributed by atoms with Gasteiger partial charge in [-0.1, -0.05) is 30.0 Å². The standard InChI is InChI=1S/C28H22F2N2O6S2/c1-14-9-17(25(34)18(10-14)15-3-5-19(29)20(30)11-15)13-23-26(35)32(28(39)40-23)8-7-24(33)31-21-6-4-16(27(36)37)12-22(21)38-2/h3-6,9-13,34H,7-8H2,1-2H3,(H,31,33)(H,36,37). The number of aryl methyl sites for hydroxylation is 1. The highest BCUT2D eigenvalue weighted by Crippen LogP contribution is 2.39. The zero-order valence-corrected chi connectivity index (χ0v) is 22.8. The van der Waals surface area contributed by atoms with Crippen LogP contribution < -0.4 is 10.1 Å². The van der Waals surface area contributed by atoms with Crippen molar-refractivity contribution in [2.75, 3.05) is 19.0 Å². The van der Waals surface area contributed by atoms with Crippen LogP contribution in [0.15, 0.2) is 53.4 Å². The minimum Gasteiger partial charge on any atom is -0.507 e. The summed E-state index contributed by atoms with van der Waals surface area (Å²) >= 11 is 6.34. The van der Waals surface area contributed by atoms with Crippen LogP contribution in [0.4, 0.5) is 14.5 Å². The Balaban J connectivity index is 1.49. The van der Waals surface area contributed by atoms with Crippen LogP contribution in [0.3, 0.4) is 0 Å². The first kappa shape index (κ1) is 28.7. The number of anilines is 1. The summed E-state index contributed by atoms with van der Waals surface area (Å²) in [5.41, 5.74) is 1.80. The zero-order valence-electron chi connectivity index (χ0n) is 21.2. The van der Waals surface area contributed by atoms with Gasteiger partial charge in [-0.2, -0.15) is 0 Å². The number of aromatic hydroxyl groups is 1. The molecule has 1 aliphatic heterocycles. The van der Waals surface area contributed by atoms with Crippen LogP contribution in [-0.2, 0) is 9.59 Å². The van der Waals surface area contributed by atoms with Crippen LogP contribution in [-0.4, -0.2) is 50.9 Å². The first-order valence-electron chi connectivity index (χ1n) is 11.7. The average molecular weight is 585 g/mol. The minimum atomic E-state index is -1.14. The number of thioether (sulfide) groups is 1. The third kappa shape index (κ3) is 6.13. The number of benzene rings is 3. The third-order valence-corrected chi connectivity index (χ3v) is 7.34. The molecule has 0 atom stereocenters. The van der Waals surface area contributed by atoms with Crippen LogP contribution in [0.2, 0.25) is 0 Å². The first-order chi connectivity index (χ1) is 19.0. The highest BCUT2D eigenvalue weighted by Gasteiger charge is 2.32. The molecule has 2 amide bonds. The molecule has 0 unspecified atom stereocenters. The van der Waals surface area contributed by atoms with E-state index in [1.807, 2.05) is 0 Å². The maximum absolute atomic E-state index is 13.8. The number of thiocarbonyl (C=S) groups is 1. The highest BCUT2D eigenvalue weighted by molar-refractivity contribution is 8.26. The molecule has 0 spiro atoms. The third-order valence-electron chi connectivity index (χ3n) is 5.96. The van der Waals surface area contributed by atoms with Crippen molar-refractivity contribution < 1.29 is 38.1 Å². The molecule has 8 nitrogen and oxygen atoms in total. The molecule has 1 fully saturated rings. The van der Waals surface area contributed by atoms with Gasteiger partial charge < -0.3 is 20.3 Å². The van der Waals surface area contributed by atoms with E-state index in [1.165, 1.54) is 42.4 Å². The van der Waals surface area contributed by atoms with Crippen LogP contribution in [0.25, 0.3) is 17.2 Å². The molecule has 12 heteroatoms. The summed E-state index contributed by atoms with van der Waals surface area (Å²) in [5, 5.41) is 22.6. The summed E-state index contributed by atoms with van der Waals surface area (Å²) in [4.78, 5) is 38.3. The van der Waals surface area contributed by atoms with Gasteiger partial charge in [-0.3, -0.25) is 14.5 Å². The molecule has 0 aromatic heterocycles. The Hall–Kier alpha value is -4.29. The fraction of sp³-hybridized carbons (Fsp3) is 0.143. The SMILES string of the molecule is COc1cc(C(=O)O)ccc1NC(=O)CCN1C(=O)C(=Cc2cc(C)cc(-c3ccc(F)c(F)c3)c2O)SC1=S. The molecular formula is C28H22F2N2O6S2. The number of carbonyl (C=O) groups is 3. The van der Waals surface area contributed by atoms with E-state index in [0.717, 1.165) is 23.9 Å². The lowest BCUT2D eigenvalue weighted by molar-refractivity contribution is -0.122. The van der Waals surface area contributed by atoms with Crippen molar-refractivity contribution >= 4 is 57.8 Å². The maximum Gasteiger partial charge on any atom is 0.335 e. The summed E-state index contributed by atoms with van der Waals surface area (Å²) in [7, 11) is 1.34. The first-order valence-corrected chi connectivity index (χ1v) is 13.0. The number of phenolic OH excluding ortho intramolecular Hbond substituents is 1. The van der Waals surface area contributed by atoms with Crippen molar-refractivity contribution in [3.05, 3.63) is 81.8 Å². The molecule has 1 heterocycles. The van der Waals surface area contributed by atoms with Crippen molar-refractivity contribution in [1.29, 1.82) is 0 Å². The molecule has 3 N–H and O–H groups in total. The predicted octanol–water partition coefficient (Wildman–Crippen LogP) is 5.58. The van der Waals surface area contributed by atoms with Crippen molar-refractivity contribution in [2.45, 2.75) is 13.3 Å². The van der Waals surface area contributed by atoms with Crippen LogP contribution in [0.1, 0.15) is 27.9 Å².